The van der Waals surface area contributed by atoms with E-state index in [0.29, 0.717) is 13.0 Å². The smallest absolute Gasteiger partial charge is 0.411 e. The number of carbonyl (C=O) groups is 2. The quantitative estimate of drug-likeness (QED) is 0.785. The first-order valence-electron chi connectivity index (χ1n) is 7.19. The molecule has 2 saturated heterocycles. The fourth-order valence-electron chi connectivity index (χ4n) is 3.30. The average Bonchev–Trinajstić information content (AvgIpc) is 2.94. The minimum Gasteiger partial charge on any atom is -0.455 e. The lowest BCUT2D eigenvalue weighted by Crippen LogP contribution is -2.75. The van der Waals surface area contributed by atoms with Crippen LogP contribution in [0.5, 0.6) is 0 Å². The largest absolute Gasteiger partial charge is 0.455 e. The van der Waals surface area contributed by atoms with E-state index in [2.05, 4.69) is 0 Å². The van der Waals surface area contributed by atoms with E-state index >= 15 is 0 Å². The molecule has 2 aliphatic heterocycles. The molecule has 3 rings (SSSR count). The zero-order valence-electron chi connectivity index (χ0n) is 12.3. The second kappa shape index (κ2) is 4.76. The predicted octanol–water partition coefficient (Wildman–Crippen LogP) is 2.49. The van der Waals surface area contributed by atoms with Gasteiger partial charge in [0.15, 0.2) is 5.54 Å². The Morgan fingerprint density at radius 3 is 2.67 bits per heavy atom. The topological polar surface area (TPSA) is 55.8 Å². The second-order valence-corrected chi connectivity index (χ2v) is 6.06. The van der Waals surface area contributed by atoms with Crippen LogP contribution in [0.15, 0.2) is 30.3 Å². The van der Waals surface area contributed by atoms with Gasteiger partial charge in [-0.25, -0.2) is 9.59 Å². The van der Waals surface area contributed by atoms with Crippen molar-refractivity contribution in [3.05, 3.63) is 35.9 Å². The van der Waals surface area contributed by atoms with Crippen LogP contribution in [0.2, 0.25) is 0 Å². The number of ether oxygens (including phenoxy) is 2. The fraction of sp³-hybridized carbons (Fsp3) is 0.500. The lowest BCUT2D eigenvalue weighted by Gasteiger charge is -2.54. The van der Waals surface area contributed by atoms with Crippen LogP contribution in [0.1, 0.15) is 32.3 Å². The summed E-state index contributed by atoms with van der Waals surface area (Å²) < 4.78 is 10.6. The van der Waals surface area contributed by atoms with Crippen molar-refractivity contribution in [1.29, 1.82) is 0 Å². The average molecular weight is 289 g/mol. The normalized spacial score (nSPS) is 26.4. The van der Waals surface area contributed by atoms with Crippen LogP contribution in [0.25, 0.3) is 0 Å². The monoisotopic (exact) mass is 289 g/mol. The molecule has 2 heterocycles. The van der Waals surface area contributed by atoms with Crippen molar-refractivity contribution in [2.24, 2.45) is 0 Å². The molecule has 2 fully saturated rings. The molecule has 112 valence electrons. The molecule has 0 aromatic heterocycles. The highest BCUT2D eigenvalue weighted by molar-refractivity contribution is 5.93. The Balaban J connectivity index is 1.71. The highest BCUT2D eigenvalue weighted by Crippen LogP contribution is 2.49. The summed E-state index contributed by atoms with van der Waals surface area (Å²) >= 11 is 0. The summed E-state index contributed by atoms with van der Waals surface area (Å²) in [5, 5.41) is 0. The Labute approximate surface area is 123 Å². The number of benzene rings is 1. The van der Waals surface area contributed by atoms with Crippen LogP contribution in [0.3, 0.4) is 0 Å². The first kappa shape index (κ1) is 13.9. The van der Waals surface area contributed by atoms with Crippen LogP contribution in [0, 0.1) is 0 Å². The van der Waals surface area contributed by atoms with Crippen LogP contribution >= 0.6 is 0 Å². The molecular formula is C16H19NO4. The SMILES string of the molecule is CC1(C)OC(=O)[C@]12CCCN2C(=O)OCc1ccccc1. The number of amides is 1. The third kappa shape index (κ3) is 1.99. The number of likely N-dealkylation sites (tertiary alicyclic amines) is 1. The predicted molar refractivity (Wildman–Crippen MR) is 75.5 cm³/mol. The second-order valence-electron chi connectivity index (χ2n) is 6.06. The van der Waals surface area contributed by atoms with Crippen molar-refractivity contribution in [3.63, 3.8) is 0 Å². The molecule has 2 aliphatic rings. The molecule has 1 amide bonds. The summed E-state index contributed by atoms with van der Waals surface area (Å²) in [4.78, 5) is 25.9. The fourth-order valence-corrected chi connectivity index (χ4v) is 3.30. The number of rotatable bonds is 2. The van der Waals surface area contributed by atoms with Gasteiger partial charge in [-0.1, -0.05) is 30.3 Å². The van der Waals surface area contributed by atoms with Gasteiger partial charge in [-0.2, -0.15) is 0 Å². The van der Waals surface area contributed by atoms with E-state index < -0.39 is 17.2 Å². The Bertz CT molecular complexity index is 569. The number of nitrogens with zero attached hydrogens (tertiary/aromatic N) is 1. The molecule has 21 heavy (non-hydrogen) atoms. The van der Waals surface area contributed by atoms with Crippen molar-refractivity contribution in [3.8, 4) is 0 Å². The molecule has 1 aromatic carbocycles. The first-order valence-corrected chi connectivity index (χ1v) is 7.19. The van der Waals surface area contributed by atoms with Gasteiger partial charge in [-0.15, -0.1) is 0 Å². The maximum absolute atomic E-state index is 12.4. The summed E-state index contributed by atoms with van der Waals surface area (Å²) in [7, 11) is 0. The van der Waals surface area contributed by atoms with Gasteiger partial charge in [-0.05, 0) is 32.3 Å². The molecule has 0 bridgehead atoms. The molecule has 1 spiro atoms. The van der Waals surface area contributed by atoms with Gasteiger partial charge in [0.1, 0.15) is 12.2 Å². The third-order valence-electron chi connectivity index (χ3n) is 4.49. The minimum absolute atomic E-state index is 0.210. The molecule has 1 aromatic rings. The van der Waals surface area contributed by atoms with Gasteiger partial charge in [0.2, 0.25) is 0 Å². The highest BCUT2D eigenvalue weighted by Gasteiger charge is 2.70. The summed E-state index contributed by atoms with van der Waals surface area (Å²) in [5.74, 6) is -0.318. The van der Waals surface area contributed by atoms with Crippen molar-refractivity contribution < 1.29 is 19.1 Å². The standard InChI is InChI=1S/C16H19NO4/c1-15(2)16(13(18)21-15)9-6-10-17(16)14(19)20-11-12-7-4-3-5-8-12/h3-5,7-8H,6,9-11H2,1-2H3/t16-/m1/s1. The molecule has 0 aliphatic carbocycles. The van der Waals surface area contributed by atoms with E-state index in [0.717, 1.165) is 12.0 Å². The summed E-state index contributed by atoms with van der Waals surface area (Å²) in [6.07, 6.45) is 0.985. The van der Waals surface area contributed by atoms with Crippen molar-refractivity contribution in [1.82, 2.24) is 4.90 Å². The maximum atomic E-state index is 12.4. The lowest BCUT2D eigenvalue weighted by molar-refractivity contribution is -0.229. The highest BCUT2D eigenvalue weighted by atomic mass is 16.6. The molecule has 0 saturated carbocycles. The molecule has 5 heteroatoms. The Morgan fingerprint density at radius 2 is 2.05 bits per heavy atom. The van der Waals surface area contributed by atoms with Crippen LogP contribution in [0.4, 0.5) is 4.79 Å². The molecule has 5 nitrogen and oxygen atoms in total. The number of cyclic esters (lactones) is 1. The number of carbonyl (C=O) groups excluding carboxylic acids is 2. The minimum atomic E-state index is -0.846. The number of hydrogen-bond acceptors (Lipinski definition) is 4. The van der Waals surface area contributed by atoms with E-state index in [4.69, 9.17) is 9.47 Å². The summed E-state index contributed by atoms with van der Waals surface area (Å²) in [6, 6.07) is 9.50. The van der Waals surface area contributed by atoms with Gasteiger partial charge in [0.05, 0.1) is 0 Å². The Hall–Kier alpha value is -2.04. The molecule has 1 atom stereocenters. The zero-order chi connectivity index (χ0) is 15.1. The molecular weight excluding hydrogens is 270 g/mol. The zero-order valence-corrected chi connectivity index (χ0v) is 12.3. The molecule has 0 N–H and O–H groups in total. The van der Waals surface area contributed by atoms with Crippen molar-refractivity contribution >= 4 is 12.1 Å². The Morgan fingerprint density at radius 1 is 1.33 bits per heavy atom. The third-order valence-corrected chi connectivity index (χ3v) is 4.49. The van der Waals surface area contributed by atoms with E-state index in [9.17, 15) is 9.59 Å². The van der Waals surface area contributed by atoms with Gasteiger partial charge in [0, 0.05) is 6.54 Å². The van der Waals surface area contributed by atoms with Crippen molar-refractivity contribution in [2.75, 3.05) is 6.54 Å². The summed E-state index contributed by atoms with van der Waals surface area (Å²) in [5.41, 5.74) is -0.567. The number of hydrogen-bond donors (Lipinski definition) is 0. The van der Waals surface area contributed by atoms with Crippen LogP contribution in [-0.4, -0.2) is 34.6 Å². The van der Waals surface area contributed by atoms with Crippen molar-refractivity contribution in [2.45, 2.75) is 44.4 Å². The lowest BCUT2D eigenvalue weighted by atomic mass is 9.75. The van der Waals surface area contributed by atoms with E-state index in [1.807, 2.05) is 44.2 Å². The Kier molecular flexibility index (Phi) is 3.15. The number of esters is 1. The van der Waals surface area contributed by atoms with Gasteiger partial charge in [-0.3, -0.25) is 4.90 Å². The molecule has 0 radical (unpaired) electrons. The van der Waals surface area contributed by atoms with Gasteiger partial charge >= 0.3 is 12.1 Å². The van der Waals surface area contributed by atoms with E-state index in [-0.39, 0.29) is 12.6 Å². The maximum Gasteiger partial charge on any atom is 0.411 e. The van der Waals surface area contributed by atoms with E-state index in [1.165, 1.54) is 0 Å². The van der Waals surface area contributed by atoms with Gasteiger partial charge < -0.3 is 9.47 Å². The first-order chi connectivity index (χ1) is 9.97. The van der Waals surface area contributed by atoms with Gasteiger partial charge in [0.25, 0.3) is 0 Å². The van der Waals surface area contributed by atoms with Crippen LogP contribution < -0.4 is 0 Å². The van der Waals surface area contributed by atoms with Crippen LogP contribution in [-0.2, 0) is 20.9 Å². The summed E-state index contributed by atoms with van der Waals surface area (Å²) in [6.45, 7) is 4.43. The molecule has 0 unspecified atom stereocenters. The van der Waals surface area contributed by atoms with E-state index in [1.54, 1.807) is 4.90 Å².